The number of ether oxygens (including phenoxy) is 1. The number of esters is 1. The predicted octanol–water partition coefficient (Wildman–Crippen LogP) is 3.52. The Kier molecular flexibility index (Phi) is 5.44. The van der Waals surface area contributed by atoms with Crippen molar-refractivity contribution in [2.75, 3.05) is 7.11 Å². The lowest BCUT2D eigenvalue weighted by Crippen LogP contribution is -2.27. The van der Waals surface area contributed by atoms with Crippen LogP contribution < -0.4 is 5.56 Å². The molecule has 0 bridgehead atoms. The third-order valence-corrected chi connectivity index (χ3v) is 5.32. The highest BCUT2D eigenvalue weighted by molar-refractivity contribution is 7.98. The average molecular weight is 407 g/mol. The Morgan fingerprint density at radius 1 is 1.14 bits per heavy atom. The lowest BCUT2D eigenvalue weighted by Gasteiger charge is -2.11. The normalized spacial score (nSPS) is 10.9. The number of carbonyl (C=O) groups is 1. The Morgan fingerprint density at radius 3 is 2.69 bits per heavy atom. The summed E-state index contributed by atoms with van der Waals surface area (Å²) < 4.78 is 11.5. The third-order valence-electron chi connectivity index (χ3n) is 4.31. The minimum Gasteiger partial charge on any atom is -0.468 e. The standard InChI is InChI=1S/C21H17N3O4S/c1-27-19(25)12-24-20(26)16-9-5-6-10-17(16)22-21(24)29-13-15-11-18(28-23-15)14-7-3-2-4-8-14/h2-11H,12-13H2,1H3. The summed E-state index contributed by atoms with van der Waals surface area (Å²) in [5.41, 5.74) is 1.93. The molecule has 2 aromatic carbocycles. The number of nitrogens with zero attached hydrogens (tertiary/aromatic N) is 3. The first kappa shape index (κ1) is 18.9. The van der Waals surface area contributed by atoms with Crippen LogP contribution in [-0.4, -0.2) is 27.8 Å². The Labute approximate surface area is 170 Å². The molecule has 4 rings (SSSR count). The topological polar surface area (TPSA) is 87.2 Å². The highest BCUT2D eigenvalue weighted by Crippen LogP contribution is 2.25. The van der Waals surface area contributed by atoms with Crippen molar-refractivity contribution in [3.63, 3.8) is 0 Å². The molecule has 0 atom stereocenters. The van der Waals surface area contributed by atoms with E-state index in [9.17, 15) is 9.59 Å². The van der Waals surface area contributed by atoms with Gasteiger partial charge in [-0.15, -0.1) is 0 Å². The van der Waals surface area contributed by atoms with Crippen molar-refractivity contribution in [1.29, 1.82) is 0 Å². The first-order chi connectivity index (χ1) is 14.2. The molecule has 7 nitrogen and oxygen atoms in total. The van der Waals surface area contributed by atoms with E-state index in [1.54, 1.807) is 18.2 Å². The van der Waals surface area contributed by atoms with Crippen molar-refractivity contribution in [2.45, 2.75) is 17.5 Å². The minimum atomic E-state index is -0.515. The van der Waals surface area contributed by atoms with E-state index in [-0.39, 0.29) is 12.1 Å². The Bertz CT molecular complexity index is 1220. The number of fused-ring (bicyclic) bond motifs is 1. The van der Waals surface area contributed by atoms with E-state index >= 15 is 0 Å². The maximum absolute atomic E-state index is 12.9. The molecular weight excluding hydrogens is 390 g/mol. The molecule has 4 aromatic rings. The summed E-state index contributed by atoms with van der Waals surface area (Å²) in [5.74, 6) is 0.584. The summed E-state index contributed by atoms with van der Waals surface area (Å²) in [6, 6.07) is 18.6. The van der Waals surface area contributed by atoms with Gasteiger partial charge in [0.1, 0.15) is 6.54 Å². The predicted molar refractivity (Wildman–Crippen MR) is 110 cm³/mol. The molecule has 0 amide bonds. The van der Waals surface area contributed by atoms with Crippen LogP contribution in [0.5, 0.6) is 0 Å². The Balaban J connectivity index is 1.63. The van der Waals surface area contributed by atoms with Gasteiger partial charge in [0.25, 0.3) is 5.56 Å². The molecule has 146 valence electrons. The summed E-state index contributed by atoms with van der Waals surface area (Å²) in [6.07, 6.45) is 0. The van der Waals surface area contributed by atoms with Crippen LogP contribution in [-0.2, 0) is 21.8 Å². The van der Waals surface area contributed by atoms with Crippen LogP contribution in [0.2, 0.25) is 0 Å². The van der Waals surface area contributed by atoms with E-state index in [0.29, 0.717) is 33.3 Å². The summed E-state index contributed by atoms with van der Waals surface area (Å²) in [4.78, 5) is 29.2. The number of hydrogen-bond donors (Lipinski definition) is 0. The molecule has 0 aliphatic heterocycles. The number of rotatable bonds is 6. The number of aromatic nitrogens is 3. The van der Waals surface area contributed by atoms with Gasteiger partial charge >= 0.3 is 5.97 Å². The van der Waals surface area contributed by atoms with Gasteiger partial charge in [0.2, 0.25) is 0 Å². The summed E-state index contributed by atoms with van der Waals surface area (Å²) >= 11 is 1.31. The van der Waals surface area contributed by atoms with Crippen LogP contribution in [0.3, 0.4) is 0 Å². The first-order valence-corrected chi connectivity index (χ1v) is 9.84. The van der Waals surface area contributed by atoms with Crippen LogP contribution in [0.15, 0.2) is 75.1 Å². The summed E-state index contributed by atoms with van der Waals surface area (Å²) in [5, 5.41) is 4.97. The molecule has 0 saturated carbocycles. The fourth-order valence-electron chi connectivity index (χ4n) is 2.85. The molecule has 0 fully saturated rings. The quantitative estimate of drug-likeness (QED) is 0.275. The zero-order valence-corrected chi connectivity index (χ0v) is 16.4. The monoisotopic (exact) mass is 407 g/mol. The second-order valence-corrected chi connectivity index (χ2v) is 7.16. The maximum atomic E-state index is 12.9. The zero-order chi connectivity index (χ0) is 20.2. The highest BCUT2D eigenvalue weighted by Gasteiger charge is 2.16. The van der Waals surface area contributed by atoms with Crippen LogP contribution >= 0.6 is 11.8 Å². The minimum absolute atomic E-state index is 0.205. The largest absolute Gasteiger partial charge is 0.468 e. The van der Waals surface area contributed by atoms with Crippen molar-refractivity contribution in [3.8, 4) is 11.3 Å². The van der Waals surface area contributed by atoms with Gasteiger partial charge in [0, 0.05) is 17.4 Å². The second-order valence-electron chi connectivity index (χ2n) is 6.22. The first-order valence-electron chi connectivity index (χ1n) is 8.86. The fraction of sp³-hybridized carbons (Fsp3) is 0.143. The van der Waals surface area contributed by atoms with Crippen LogP contribution in [0.4, 0.5) is 0 Å². The molecule has 0 aliphatic rings. The van der Waals surface area contributed by atoms with Crippen molar-refractivity contribution < 1.29 is 14.1 Å². The SMILES string of the molecule is COC(=O)Cn1c(SCc2cc(-c3ccccc3)on2)nc2ccccc2c1=O. The van der Waals surface area contributed by atoms with Crippen molar-refractivity contribution in [1.82, 2.24) is 14.7 Å². The summed E-state index contributed by atoms with van der Waals surface area (Å²) in [7, 11) is 1.29. The van der Waals surface area contributed by atoms with Gasteiger partial charge in [-0.3, -0.25) is 14.2 Å². The van der Waals surface area contributed by atoms with Gasteiger partial charge in [-0.25, -0.2) is 4.98 Å². The smallest absolute Gasteiger partial charge is 0.325 e. The number of benzene rings is 2. The lowest BCUT2D eigenvalue weighted by molar-refractivity contribution is -0.141. The molecule has 2 aromatic heterocycles. The molecular formula is C21H17N3O4S. The van der Waals surface area contributed by atoms with E-state index in [4.69, 9.17) is 9.26 Å². The summed E-state index contributed by atoms with van der Waals surface area (Å²) in [6.45, 7) is -0.205. The van der Waals surface area contributed by atoms with Crippen molar-refractivity contribution >= 4 is 28.6 Å². The molecule has 0 saturated heterocycles. The Hall–Kier alpha value is -3.39. The van der Waals surface area contributed by atoms with E-state index in [1.807, 2.05) is 42.5 Å². The van der Waals surface area contributed by atoms with Crippen molar-refractivity contribution in [3.05, 3.63) is 76.7 Å². The number of hydrogen-bond acceptors (Lipinski definition) is 7. The number of para-hydroxylation sites is 1. The van der Waals surface area contributed by atoms with Gasteiger partial charge in [-0.1, -0.05) is 59.4 Å². The third kappa shape index (κ3) is 4.07. The van der Waals surface area contributed by atoms with E-state index in [1.165, 1.54) is 23.4 Å². The van der Waals surface area contributed by atoms with Crippen LogP contribution in [0.1, 0.15) is 5.69 Å². The number of methoxy groups -OCH3 is 1. The average Bonchev–Trinajstić information content (AvgIpc) is 3.24. The van der Waals surface area contributed by atoms with Gasteiger partial charge in [-0.05, 0) is 12.1 Å². The molecule has 29 heavy (non-hydrogen) atoms. The van der Waals surface area contributed by atoms with Gasteiger partial charge in [-0.2, -0.15) is 0 Å². The molecule has 0 unspecified atom stereocenters. The zero-order valence-electron chi connectivity index (χ0n) is 15.6. The number of carbonyl (C=O) groups excluding carboxylic acids is 1. The maximum Gasteiger partial charge on any atom is 0.325 e. The Morgan fingerprint density at radius 2 is 1.90 bits per heavy atom. The second kappa shape index (κ2) is 8.32. The molecule has 8 heteroatoms. The van der Waals surface area contributed by atoms with Crippen LogP contribution in [0.25, 0.3) is 22.2 Å². The fourth-order valence-corrected chi connectivity index (χ4v) is 3.73. The molecule has 0 spiro atoms. The van der Waals surface area contributed by atoms with E-state index < -0.39 is 5.97 Å². The van der Waals surface area contributed by atoms with E-state index in [0.717, 1.165) is 5.56 Å². The van der Waals surface area contributed by atoms with Crippen LogP contribution in [0, 0.1) is 0 Å². The van der Waals surface area contributed by atoms with Gasteiger partial charge < -0.3 is 9.26 Å². The van der Waals surface area contributed by atoms with Gasteiger partial charge in [0.15, 0.2) is 10.9 Å². The molecule has 2 heterocycles. The highest BCUT2D eigenvalue weighted by atomic mass is 32.2. The van der Waals surface area contributed by atoms with Crippen molar-refractivity contribution in [2.24, 2.45) is 0 Å². The van der Waals surface area contributed by atoms with Gasteiger partial charge in [0.05, 0.1) is 23.7 Å². The molecule has 0 N–H and O–H groups in total. The molecule has 0 radical (unpaired) electrons. The lowest BCUT2D eigenvalue weighted by atomic mass is 10.2. The molecule has 0 aliphatic carbocycles. The van der Waals surface area contributed by atoms with E-state index in [2.05, 4.69) is 10.1 Å². The number of thioether (sulfide) groups is 1.